The van der Waals surface area contributed by atoms with Crippen LogP contribution in [0.4, 0.5) is 13.2 Å². The Kier molecular flexibility index (Phi) is 6.13. The van der Waals surface area contributed by atoms with Crippen molar-refractivity contribution in [2.24, 2.45) is 0 Å². The third-order valence-corrected chi connectivity index (χ3v) is 5.35. The number of rotatable bonds is 7. The van der Waals surface area contributed by atoms with Crippen LogP contribution in [0, 0.1) is 0 Å². The van der Waals surface area contributed by atoms with Crippen LogP contribution in [0.2, 0.25) is 0 Å². The molecule has 0 saturated carbocycles. The van der Waals surface area contributed by atoms with Crippen LogP contribution in [0.5, 0.6) is 0 Å². The number of hydrogen-bond acceptors (Lipinski definition) is 3. The van der Waals surface area contributed by atoms with Crippen molar-refractivity contribution >= 4 is 9.84 Å². The molecule has 0 saturated heterocycles. The van der Waals surface area contributed by atoms with E-state index >= 15 is 0 Å². The third kappa shape index (κ3) is 5.56. The summed E-state index contributed by atoms with van der Waals surface area (Å²) in [5, 5.41) is 2.91. The molecule has 0 heterocycles. The van der Waals surface area contributed by atoms with Crippen LogP contribution in [0.25, 0.3) is 0 Å². The fourth-order valence-corrected chi connectivity index (χ4v) is 2.30. The van der Waals surface area contributed by atoms with Gasteiger partial charge in [0.15, 0.2) is 9.84 Å². The van der Waals surface area contributed by atoms with E-state index in [9.17, 15) is 21.6 Å². The minimum absolute atomic E-state index is 0.233. The summed E-state index contributed by atoms with van der Waals surface area (Å²) in [6.45, 7) is 5.31. The molecular formula is C11H22F3NO2S. The Morgan fingerprint density at radius 1 is 1.22 bits per heavy atom. The van der Waals surface area contributed by atoms with Gasteiger partial charge in [0.05, 0.1) is 4.75 Å². The molecule has 3 nitrogen and oxygen atoms in total. The molecule has 0 bridgehead atoms. The first-order chi connectivity index (χ1) is 7.92. The molecule has 0 fully saturated rings. The Morgan fingerprint density at radius 2 is 1.72 bits per heavy atom. The van der Waals surface area contributed by atoms with Crippen molar-refractivity contribution in [1.82, 2.24) is 5.32 Å². The molecular weight excluding hydrogens is 267 g/mol. The Bertz CT molecular complexity index is 350. The van der Waals surface area contributed by atoms with E-state index in [4.69, 9.17) is 0 Å². The highest BCUT2D eigenvalue weighted by molar-refractivity contribution is 7.92. The number of alkyl halides is 3. The van der Waals surface area contributed by atoms with Gasteiger partial charge in [-0.1, -0.05) is 6.92 Å². The number of nitrogens with one attached hydrogen (secondary N) is 1. The second-order valence-corrected chi connectivity index (χ2v) is 7.63. The molecule has 1 N–H and O–H groups in total. The highest BCUT2D eigenvalue weighted by Gasteiger charge is 2.40. The molecule has 0 aromatic rings. The quantitative estimate of drug-likeness (QED) is 0.783. The predicted molar refractivity (Wildman–Crippen MR) is 66.3 cm³/mol. The number of hydrogen-bond donors (Lipinski definition) is 1. The average Bonchev–Trinajstić information content (AvgIpc) is 2.13. The van der Waals surface area contributed by atoms with Gasteiger partial charge < -0.3 is 5.32 Å². The molecule has 0 amide bonds. The predicted octanol–water partition coefficient (Wildman–Crippen LogP) is 2.52. The summed E-state index contributed by atoms with van der Waals surface area (Å²) >= 11 is 0. The first kappa shape index (κ1) is 17.7. The number of halogens is 3. The Balaban J connectivity index is 4.88. The topological polar surface area (TPSA) is 46.2 Å². The second kappa shape index (κ2) is 6.23. The highest BCUT2D eigenvalue weighted by Crippen LogP contribution is 2.28. The number of sulfone groups is 1. The van der Waals surface area contributed by atoms with Crippen LogP contribution in [0.3, 0.4) is 0 Å². The van der Waals surface area contributed by atoms with E-state index < -0.39 is 33.2 Å². The second-order valence-electron chi connectivity index (χ2n) is 5.04. The lowest BCUT2D eigenvalue weighted by Gasteiger charge is -2.33. The van der Waals surface area contributed by atoms with Gasteiger partial charge >= 0.3 is 6.18 Å². The fraction of sp³-hybridized carbons (Fsp3) is 1.00. The van der Waals surface area contributed by atoms with Gasteiger partial charge in [0.1, 0.15) is 0 Å². The molecule has 0 aromatic heterocycles. The normalized spacial score (nSPS) is 15.7. The first-order valence-corrected chi connectivity index (χ1v) is 7.80. The highest BCUT2D eigenvalue weighted by atomic mass is 32.2. The van der Waals surface area contributed by atoms with Crippen molar-refractivity contribution in [3.05, 3.63) is 0 Å². The molecule has 0 radical (unpaired) electrons. The van der Waals surface area contributed by atoms with E-state index in [2.05, 4.69) is 5.32 Å². The monoisotopic (exact) mass is 289 g/mol. The lowest BCUT2D eigenvalue weighted by atomic mass is 9.98. The maximum atomic E-state index is 12.2. The third-order valence-electron chi connectivity index (χ3n) is 3.15. The maximum absolute atomic E-state index is 12.2. The summed E-state index contributed by atoms with van der Waals surface area (Å²) < 4.78 is 58.8. The first-order valence-electron chi connectivity index (χ1n) is 5.91. The molecule has 7 heteroatoms. The fourth-order valence-electron chi connectivity index (χ4n) is 1.58. The molecule has 1 atom stereocenters. The summed E-state index contributed by atoms with van der Waals surface area (Å²) in [6.07, 6.45) is -3.68. The van der Waals surface area contributed by atoms with Crippen LogP contribution >= 0.6 is 0 Å². The van der Waals surface area contributed by atoms with E-state index in [1.165, 1.54) is 13.8 Å². The van der Waals surface area contributed by atoms with E-state index in [-0.39, 0.29) is 6.42 Å². The zero-order valence-electron chi connectivity index (χ0n) is 11.3. The van der Waals surface area contributed by atoms with Crippen molar-refractivity contribution in [2.75, 3.05) is 12.8 Å². The Morgan fingerprint density at radius 3 is 2.06 bits per heavy atom. The molecule has 0 rings (SSSR count). The van der Waals surface area contributed by atoms with E-state index in [1.807, 2.05) is 6.92 Å². The largest absolute Gasteiger partial charge is 0.389 e. The molecule has 0 spiro atoms. The van der Waals surface area contributed by atoms with Crippen LogP contribution in [0.1, 0.15) is 40.0 Å². The van der Waals surface area contributed by atoms with Gasteiger partial charge in [0, 0.05) is 18.7 Å². The van der Waals surface area contributed by atoms with Crippen molar-refractivity contribution in [3.8, 4) is 0 Å². The van der Waals surface area contributed by atoms with Crippen molar-refractivity contribution in [1.29, 1.82) is 0 Å². The minimum atomic E-state index is -4.26. The molecule has 18 heavy (non-hydrogen) atoms. The van der Waals surface area contributed by atoms with E-state index in [0.717, 1.165) is 12.7 Å². The van der Waals surface area contributed by atoms with Crippen LogP contribution < -0.4 is 5.32 Å². The van der Waals surface area contributed by atoms with Gasteiger partial charge in [0.2, 0.25) is 0 Å². The summed E-state index contributed by atoms with van der Waals surface area (Å²) in [5.74, 6) is 0. The van der Waals surface area contributed by atoms with Gasteiger partial charge in [-0.05, 0) is 33.2 Å². The lowest BCUT2D eigenvalue weighted by Crippen LogP contribution is -2.52. The van der Waals surface area contributed by atoms with Gasteiger partial charge in [-0.2, -0.15) is 13.2 Å². The van der Waals surface area contributed by atoms with E-state index in [1.54, 1.807) is 0 Å². The zero-order chi connectivity index (χ0) is 14.6. The molecule has 0 aliphatic heterocycles. The summed E-state index contributed by atoms with van der Waals surface area (Å²) in [7, 11) is -3.43. The van der Waals surface area contributed by atoms with E-state index in [0.29, 0.717) is 6.54 Å². The van der Waals surface area contributed by atoms with Gasteiger partial charge in [-0.25, -0.2) is 8.42 Å². The molecule has 0 aromatic carbocycles. The molecule has 0 aliphatic rings. The van der Waals surface area contributed by atoms with Gasteiger partial charge in [0.25, 0.3) is 0 Å². The summed E-state index contributed by atoms with van der Waals surface area (Å²) in [6, 6.07) is -0.700. The van der Waals surface area contributed by atoms with Crippen LogP contribution in [-0.2, 0) is 9.84 Å². The maximum Gasteiger partial charge on any atom is 0.389 e. The standard InChI is InChI=1S/C11H22F3NO2S/c1-5-8-15-9(6-7-11(12,13)14)10(2,3)18(4,16)17/h9,15H,5-8H2,1-4H3. The van der Waals surface area contributed by atoms with Gasteiger partial charge in [-0.15, -0.1) is 0 Å². The lowest BCUT2D eigenvalue weighted by molar-refractivity contribution is -0.137. The Labute approximate surface area is 107 Å². The SMILES string of the molecule is CCCNC(CCC(F)(F)F)C(C)(C)S(C)(=O)=O. The molecule has 0 aliphatic carbocycles. The van der Waals surface area contributed by atoms with Crippen molar-refractivity contribution in [3.63, 3.8) is 0 Å². The minimum Gasteiger partial charge on any atom is -0.312 e. The smallest absolute Gasteiger partial charge is 0.312 e. The van der Waals surface area contributed by atoms with Crippen LogP contribution in [-0.4, -0.2) is 38.2 Å². The van der Waals surface area contributed by atoms with Crippen molar-refractivity contribution in [2.45, 2.75) is 57.0 Å². The molecule has 110 valence electrons. The van der Waals surface area contributed by atoms with Crippen molar-refractivity contribution < 1.29 is 21.6 Å². The zero-order valence-corrected chi connectivity index (χ0v) is 12.1. The van der Waals surface area contributed by atoms with Gasteiger partial charge in [-0.3, -0.25) is 0 Å². The molecule has 1 unspecified atom stereocenters. The Hall–Kier alpha value is -0.300. The van der Waals surface area contributed by atoms with Crippen LogP contribution in [0.15, 0.2) is 0 Å². The summed E-state index contributed by atoms with van der Waals surface area (Å²) in [5.41, 5.74) is 0. The summed E-state index contributed by atoms with van der Waals surface area (Å²) in [4.78, 5) is 0. The average molecular weight is 289 g/mol.